The molecule has 3 aromatic rings. The highest BCUT2D eigenvalue weighted by Gasteiger charge is 2.38. The number of nitrogens with two attached hydrogens (primary N) is 1. The first-order valence-electron chi connectivity index (χ1n) is 9.12. The van der Waals surface area contributed by atoms with E-state index in [0.29, 0.717) is 18.1 Å². The molecule has 0 bridgehead atoms. The molecule has 0 radical (unpaired) electrons. The smallest absolute Gasteiger partial charge is 0.221 e. The van der Waals surface area contributed by atoms with E-state index in [2.05, 4.69) is 21.3 Å². The van der Waals surface area contributed by atoms with E-state index in [1.54, 1.807) is 12.5 Å². The van der Waals surface area contributed by atoms with Crippen molar-refractivity contribution in [2.45, 2.75) is 24.9 Å². The Kier molecular flexibility index (Phi) is 3.88. The van der Waals surface area contributed by atoms with Gasteiger partial charge in [-0.15, -0.1) is 0 Å². The lowest BCUT2D eigenvalue weighted by Gasteiger charge is -2.25. The van der Waals surface area contributed by atoms with E-state index >= 15 is 0 Å². The Morgan fingerprint density at radius 3 is 2.82 bits per heavy atom. The van der Waals surface area contributed by atoms with Crippen LogP contribution in [0.2, 0.25) is 0 Å². The number of benzene rings is 1. The SMILES string of the molecule is N#CC1=C(N)Oc2[nH]nc(C3CCCO3)c2C1c1ccc(-n2ccnc2)cc1. The molecular weight excluding hydrogens is 356 g/mol. The van der Waals surface area contributed by atoms with Gasteiger partial charge in [0.1, 0.15) is 17.7 Å². The summed E-state index contributed by atoms with van der Waals surface area (Å²) in [4.78, 5) is 4.08. The Balaban J connectivity index is 1.61. The summed E-state index contributed by atoms with van der Waals surface area (Å²) >= 11 is 0. The highest BCUT2D eigenvalue weighted by Crippen LogP contribution is 2.46. The second kappa shape index (κ2) is 6.55. The number of ether oxygens (including phenoxy) is 2. The average Bonchev–Trinajstić information content (AvgIpc) is 3.47. The van der Waals surface area contributed by atoms with Gasteiger partial charge in [-0.3, -0.25) is 0 Å². The van der Waals surface area contributed by atoms with Crippen LogP contribution in [0.4, 0.5) is 0 Å². The Labute approximate surface area is 161 Å². The van der Waals surface area contributed by atoms with Crippen molar-refractivity contribution >= 4 is 0 Å². The number of aromatic nitrogens is 4. The van der Waals surface area contributed by atoms with Gasteiger partial charge in [-0.25, -0.2) is 10.1 Å². The van der Waals surface area contributed by atoms with Crippen LogP contribution in [-0.4, -0.2) is 26.4 Å². The molecule has 5 rings (SSSR count). The van der Waals surface area contributed by atoms with E-state index < -0.39 is 0 Å². The van der Waals surface area contributed by atoms with Gasteiger partial charge in [0.15, 0.2) is 0 Å². The zero-order valence-electron chi connectivity index (χ0n) is 15.0. The number of allylic oxidation sites excluding steroid dienone is 1. The molecule has 1 fully saturated rings. The van der Waals surface area contributed by atoms with Gasteiger partial charge in [-0.05, 0) is 30.5 Å². The molecule has 140 valence electrons. The van der Waals surface area contributed by atoms with E-state index in [1.807, 2.05) is 35.0 Å². The topological polar surface area (TPSA) is 115 Å². The van der Waals surface area contributed by atoms with Crippen molar-refractivity contribution in [1.29, 1.82) is 5.26 Å². The molecule has 2 unspecified atom stereocenters. The van der Waals surface area contributed by atoms with Gasteiger partial charge < -0.3 is 19.8 Å². The summed E-state index contributed by atoms with van der Waals surface area (Å²) in [5.74, 6) is 0.218. The third-order valence-electron chi connectivity index (χ3n) is 5.24. The number of rotatable bonds is 3. The Morgan fingerprint density at radius 1 is 1.29 bits per heavy atom. The lowest BCUT2D eigenvalue weighted by Crippen LogP contribution is -2.21. The molecule has 8 nitrogen and oxygen atoms in total. The van der Waals surface area contributed by atoms with Crippen molar-refractivity contribution < 1.29 is 9.47 Å². The highest BCUT2D eigenvalue weighted by molar-refractivity contribution is 5.56. The van der Waals surface area contributed by atoms with Crippen molar-refractivity contribution in [3.63, 3.8) is 0 Å². The van der Waals surface area contributed by atoms with Crippen molar-refractivity contribution in [2.24, 2.45) is 5.73 Å². The minimum Gasteiger partial charge on any atom is -0.422 e. The summed E-state index contributed by atoms with van der Waals surface area (Å²) in [6, 6.07) is 10.2. The van der Waals surface area contributed by atoms with Gasteiger partial charge in [0.25, 0.3) is 0 Å². The van der Waals surface area contributed by atoms with Crippen LogP contribution < -0.4 is 10.5 Å². The molecule has 2 atom stereocenters. The minimum atomic E-state index is -0.358. The monoisotopic (exact) mass is 374 g/mol. The molecule has 1 aromatic carbocycles. The molecule has 0 spiro atoms. The zero-order chi connectivity index (χ0) is 19.1. The molecule has 8 heteroatoms. The van der Waals surface area contributed by atoms with Gasteiger partial charge in [-0.1, -0.05) is 12.1 Å². The standard InChI is InChI=1S/C20H18N6O2/c21-10-14-16(12-3-5-13(6-4-12)26-8-7-23-11-26)17-18(15-2-1-9-27-15)24-25-20(17)28-19(14)22/h3-8,11,15-16H,1-2,9,22H2,(H,24,25). The van der Waals surface area contributed by atoms with Crippen LogP contribution in [0.1, 0.15) is 41.7 Å². The predicted molar refractivity (Wildman–Crippen MR) is 99.4 cm³/mol. The Morgan fingerprint density at radius 2 is 2.14 bits per heavy atom. The molecule has 4 heterocycles. The number of aromatic amines is 1. The lowest BCUT2D eigenvalue weighted by atomic mass is 9.83. The number of nitrogens with one attached hydrogen (secondary N) is 1. The summed E-state index contributed by atoms with van der Waals surface area (Å²) in [7, 11) is 0. The fraction of sp³-hybridized carbons (Fsp3) is 0.250. The quantitative estimate of drug-likeness (QED) is 0.728. The number of hydrogen-bond donors (Lipinski definition) is 2. The number of nitrogens with zero attached hydrogens (tertiary/aromatic N) is 4. The zero-order valence-corrected chi connectivity index (χ0v) is 15.0. The van der Waals surface area contributed by atoms with E-state index in [4.69, 9.17) is 15.2 Å². The normalized spacial score (nSPS) is 21.2. The number of fused-ring (bicyclic) bond motifs is 1. The summed E-state index contributed by atoms with van der Waals surface area (Å²) in [5, 5.41) is 17.1. The van der Waals surface area contributed by atoms with E-state index in [9.17, 15) is 5.26 Å². The minimum absolute atomic E-state index is 0.0984. The Hall–Kier alpha value is -3.57. The van der Waals surface area contributed by atoms with E-state index in [0.717, 1.165) is 35.3 Å². The van der Waals surface area contributed by atoms with Gasteiger partial charge >= 0.3 is 0 Å². The second-order valence-corrected chi connectivity index (χ2v) is 6.84. The van der Waals surface area contributed by atoms with Crippen LogP contribution >= 0.6 is 0 Å². The third-order valence-corrected chi connectivity index (χ3v) is 5.24. The van der Waals surface area contributed by atoms with Crippen molar-refractivity contribution in [2.75, 3.05) is 6.61 Å². The molecule has 1 saturated heterocycles. The summed E-state index contributed by atoms with van der Waals surface area (Å²) in [6.07, 6.45) is 7.13. The van der Waals surface area contributed by atoms with E-state index in [-0.39, 0.29) is 17.9 Å². The number of imidazole rings is 1. The fourth-order valence-corrected chi connectivity index (χ4v) is 3.90. The lowest BCUT2D eigenvalue weighted by molar-refractivity contribution is 0.107. The molecule has 0 saturated carbocycles. The Bertz CT molecular complexity index is 1070. The molecule has 2 aliphatic rings. The maximum Gasteiger partial charge on any atom is 0.221 e. The third kappa shape index (κ3) is 2.56. The molecule has 28 heavy (non-hydrogen) atoms. The van der Waals surface area contributed by atoms with Crippen LogP contribution in [0, 0.1) is 11.3 Å². The average molecular weight is 374 g/mol. The first-order chi connectivity index (χ1) is 13.8. The predicted octanol–water partition coefficient (Wildman–Crippen LogP) is 2.67. The van der Waals surface area contributed by atoms with Crippen molar-refractivity contribution in [3.8, 4) is 17.6 Å². The number of nitriles is 1. The molecular formula is C20H18N6O2. The van der Waals surface area contributed by atoms with Crippen LogP contribution in [0.15, 0.2) is 54.4 Å². The molecule has 2 aliphatic heterocycles. The maximum absolute atomic E-state index is 9.78. The summed E-state index contributed by atoms with van der Waals surface area (Å²) < 4.78 is 13.4. The van der Waals surface area contributed by atoms with Crippen LogP contribution in [0.25, 0.3) is 5.69 Å². The van der Waals surface area contributed by atoms with Gasteiger partial charge in [-0.2, -0.15) is 10.4 Å². The number of hydrogen-bond acceptors (Lipinski definition) is 6. The molecule has 0 aliphatic carbocycles. The maximum atomic E-state index is 9.78. The van der Waals surface area contributed by atoms with E-state index in [1.165, 1.54) is 0 Å². The van der Waals surface area contributed by atoms with Gasteiger partial charge in [0, 0.05) is 24.7 Å². The fourth-order valence-electron chi connectivity index (χ4n) is 3.90. The molecule has 2 aromatic heterocycles. The van der Waals surface area contributed by atoms with Crippen LogP contribution in [0.5, 0.6) is 5.88 Å². The van der Waals surface area contributed by atoms with Crippen LogP contribution in [-0.2, 0) is 4.74 Å². The van der Waals surface area contributed by atoms with Crippen molar-refractivity contribution in [1.82, 2.24) is 19.7 Å². The van der Waals surface area contributed by atoms with Gasteiger partial charge in [0.2, 0.25) is 11.8 Å². The summed E-state index contributed by atoms with van der Waals surface area (Å²) in [6.45, 7) is 0.709. The highest BCUT2D eigenvalue weighted by atomic mass is 16.5. The largest absolute Gasteiger partial charge is 0.422 e. The van der Waals surface area contributed by atoms with Gasteiger partial charge in [0.05, 0.1) is 23.5 Å². The first kappa shape index (κ1) is 16.6. The number of H-pyrrole nitrogens is 1. The van der Waals surface area contributed by atoms with Crippen LogP contribution in [0.3, 0.4) is 0 Å². The van der Waals surface area contributed by atoms with Crippen molar-refractivity contribution in [3.05, 3.63) is 71.3 Å². The summed E-state index contributed by atoms with van der Waals surface area (Å²) in [5.41, 5.74) is 9.96. The molecule has 0 amide bonds. The molecule has 3 N–H and O–H groups in total. The first-order valence-corrected chi connectivity index (χ1v) is 9.12. The second-order valence-electron chi connectivity index (χ2n) is 6.84.